The third-order valence-corrected chi connectivity index (χ3v) is 2.63. The van der Waals surface area contributed by atoms with Crippen LogP contribution < -0.4 is 4.74 Å². The molecule has 18 heavy (non-hydrogen) atoms. The van der Waals surface area contributed by atoms with Crippen molar-refractivity contribution >= 4 is 5.78 Å². The minimum absolute atomic E-state index is 0.0104. The standard InChI is InChI=1S/C15H15NO2/c1-11-5-6-14(12(2)17)15(8-11)18-10-13-4-3-7-16-9-13/h3-9H,10H2,1-2H3. The van der Waals surface area contributed by atoms with Crippen LogP contribution in [0.2, 0.25) is 0 Å². The van der Waals surface area contributed by atoms with E-state index in [1.165, 1.54) is 0 Å². The highest BCUT2D eigenvalue weighted by molar-refractivity contribution is 5.96. The van der Waals surface area contributed by atoms with Gasteiger partial charge in [-0.1, -0.05) is 12.1 Å². The zero-order valence-corrected chi connectivity index (χ0v) is 10.5. The van der Waals surface area contributed by atoms with E-state index in [1.807, 2.05) is 31.2 Å². The molecule has 2 aromatic rings. The number of hydrogen-bond acceptors (Lipinski definition) is 3. The van der Waals surface area contributed by atoms with E-state index in [9.17, 15) is 4.79 Å². The Hall–Kier alpha value is -2.16. The van der Waals surface area contributed by atoms with E-state index in [0.29, 0.717) is 17.9 Å². The molecule has 0 aliphatic rings. The normalized spacial score (nSPS) is 10.1. The number of carbonyl (C=O) groups excluding carboxylic acids is 1. The van der Waals surface area contributed by atoms with E-state index in [4.69, 9.17) is 4.74 Å². The average Bonchev–Trinajstić information content (AvgIpc) is 2.37. The molecule has 0 amide bonds. The van der Waals surface area contributed by atoms with Crippen LogP contribution in [0.1, 0.15) is 28.4 Å². The molecule has 2 rings (SSSR count). The second-order valence-electron chi connectivity index (χ2n) is 4.21. The van der Waals surface area contributed by atoms with E-state index < -0.39 is 0 Å². The largest absolute Gasteiger partial charge is 0.488 e. The molecule has 1 aromatic carbocycles. The molecular formula is C15H15NO2. The molecule has 0 atom stereocenters. The van der Waals surface area contributed by atoms with Crippen LogP contribution >= 0.6 is 0 Å². The molecule has 0 fully saturated rings. The number of ether oxygens (including phenoxy) is 1. The van der Waals surface area contributed by atoms with Crippen LogP contribution in [0.4, 0.5) is 0 Å². The lowest BCUT2D eigenvalue weighted by molar-refractivity contribution is 0.101. The Morgan fingerprint density at radius 2 is 2.17 bits per heavy atom. The summed E-state index contributed by atoms with van der Waals surface area (Å²) in [6.45, 7) is 3.93. The van der Waals surface area contributed by atoms with Gasteiger partial charge in [0.05, 0.1) is 5.56 Å². The van der Waals surface area contributed by atoms with Gasteiger partial charge in [0.15, 0.2) is 5.78 Å². The molecule has 3 nitrogen and oxygen atoms in total. The first-order valence-corrected chi connectivity index (χ1v) is 5.80. The first-order valence-electron chi connectivity index (χ1n) is 5.80. The van der Waals surface area contributed by atoms with Crippen LogP contribution in [-0.4, -0.2) is 10.8 Å². The molecule has 0 aliphatic heterocycles. The van der Waals surface area contributed by atoms with Crippen LogP contribution in [0.5, 0.6) is 5.75 Å². The Balaban J connectivity index is 2.18. The van der Waals surface area contributed by atoms with Crippen molar-refractivity contribution in [2.45, 2.75) is 20.5 Å². The predicted molar refractivity (Wildman–Crippen MR) is 69.8 cm³/mol. The maximum atomic E-state index is 11.5. The van der Waals surface area contributed by atoms with E-state index in [0.717, 1.165) is 11.1 Å². The molecule has 1 aromatic heterocycles. The smallest absolute Gasteiger partial charge is 0.163 e. The molecular weight excluding hydrogens is 226 g/mol. The van der Waals surface area contributed by atoms with E-state index in [-0.39, 0.29) is 5.78 Å². The van der Waals surface area contributed by atoms with Crippen molar-refractivity contribution in [3.63, 3.8) is 0 Å². The van der Waals surface area contributed by atoms with E-state index in [1.54, 1.807) is 25.4 Å². The minimum atomic E-state index is 0.0104. The van der Waals surface area contributed by atoms with Crippen molar-refractivity contribution in [2.75, 3.05) is 0 Å². The molecule has 0 saturated heterocycles. The van der Waals surface area contributed by atoms with Gasteiger partial charge in [-0.2, -0.15) is 0 Å². The molecule has 0 saturated carbocycles. The van der Waals surface area contributed by atoms with Crippen LogP contribution in [0.15, 0.2) is 42.7 Å². The number of ketones is 1. The zero-order chi connectivity index (χ0) is 13.0. The van der Waals surface area contributed by atoms with Crippen LogP contribution in [-0.2, 0) is 6.61 Å². The van der Waals surface area contributed by atoms with Gasteiger partial charge in [-0.25, -0.2) is 0 Å². The average molecular weight is 241 g/mol. The summed E-state index contributed by atoms with van der Waals surface area (Å²) in [7, 11) is 0. The Labute approximate surface area is 106 Å². The lowest BCUT2D eigenvalue weighted by Gasteiger charge is -2.10. The summed E-state index contributed by atoms with van der Waals surface area (Å²) in [6, 6.07) is 9.40. The molecule has 3 heteroatoms. The fourth-order valence-electron chi connectivity index (χ4n) is 1.68. The molecule has 0 bridgehead atoms. The number of nitrogens with zero attached hydrogens (tertiary/aromatic N) is 1. The van der Waals surface area contributed by atoms with Crippen molar-refractivity contribution in [1.29, 1.82) is 0 Å². The third kappa shape index (κ3) is 2.94. The van der Waals surface area contributed by atoms with Crippen LogP contribution in [0.3, 0.4) is 0 Å². The second kappa shape index (κ2) is 5.45. The molecule has 0 aliphatic carbocycles. The number of hydrogen-bond donors (Lipinski definition) is 0. The Bertz CT molecular complexity index is 550. The predicted octanol–water partition coefficient (Wildman–Crippen LogP) is 3.17. The fourth-order valence-corrected chi connectivity index (χ4v) is 1.68. The molecule has 0 unspecified atom stereocenters. The maximum Gasteiger partial charge on any atom is 0.163 e. The lowest BCUT2D eigenvalue weighted by atomic mass is 10.1. The highest BCUT2D eigenvalue weighted by Gasteiger charge is 2.08. The summed E-state index contributed by atoms with van der Waals surface area (Å²) < 4.78 is 5.70. The van der Waals surface area contributed by atoms with Gasteiger partial charge in [-0.15, -0.1) is 0 Å². The highest BCUT2D eigenvalue weighted by atomic mass is 16.5. The second-order valence-corrected chi connectivity index (χ2v) is 4.21. The van der Waals surface area contributed by atoms with Gasteiger partial charge < -0.3 is 4.74 Å². The number of benzene rings is 1. The van der Waals surface area contributed by atoms with Gasteiger partial charge in [0, 0.05) is 18.0 Å². The maximum absolute atomic E-state index is 11.5. The number of Topliss-reactive ketones (excluding diaryl/α,β-unsaturated/α-hetero) is 1. The number of aromatic nitrogens is 1. The Morgan fingerprint density at radius 1 is 1.33 bits per heavy atom. The lowest BCUT2D eigenvalue weighted by Crippen LogP contribution is -2.02. The van der Waals surface area contributed by atoms with Gasteiger partial charge in [0.25, 0.3) is 0 Å². The first-order chi connectivity index (χ1) is 8.66. The highest BCUT2D eigenvalue weighted by Crippen LogP contribution is 2.21. The Kier molecular flexibility index (Phi) is 3.72. The number of carbonyl (C=O) groups is 1. The topological polar surface area (TPSA) is 39.2 Å². The molecule has 1 heterocycles. The summed E-state index contributed by atoms with van der Waals surface area (Å²) in [5, 5.41) is 0. The van der Waals surface area contributed by atoms with E-state index >= 15 is 0 Å². The summed E-state index contributed by atoms with van der Waals surface area (Å²) in [5.41, 5.74) is 2.67. The summed E-state index contributed by atoms with van der Waals surface area (Å²) >= 11 is 0. The number of rotatable bonds is 4. The monoisotopic (exact) mass is 241 g/mol. The molecule has 0 N–H and O–H groups in total. The van der Waals surface area contributed by atoms with Crippen molar-refractivity contribution in [2.24, 2.45) is 0 Å². The quantitative estimate of drug-likeness (QED) is 0.772. The van der Waals surface area contributed by atoms with Gasteiger partial charge in [-0.05, 0) is 37.6 Å². The fraction of sp³-hybridized carbons (Fsp3) is 0.200. The summed E-state index contributed by atoms with van der Waals surface area (Å²) in [4.78, 5) is 15.5. The van der Waals surface area contributed by atoms with Crippen molar-refractivity contribution in [3.05, 3.63) is 59.4 Å². The van der Waals surface area contributed by atoms with Crippen LogP contribution in [0, 0.1) is 6.92 Å². The minimum Gasteiger partial charge on any atom is -0.488 e. The Morgan fingerprint density at radius 3 is 2.83 bits per heavy atom. The van der Waals surface area contributed by atoms with Gasteiger partial charge in [0.2, 0.25) is 0 Å². The third-order valence-electron chi connectivity index (χ3n) is 2.63. The summed E-state index contributed by atoms with van der Waals surface area (Å²) in [6.07, 6.45) is 3.47. The number of aryl methyl sites for hydroxylation is 1. The van der Waals surface area contributed by atoms with Gasteiger partial charge in [-0.3, -0.25) is 9.78 Å². The summed E-state index contributed by atoms with van der Waals surface area (Å²) in [5.74, 6) is 0.641. The number of pyridine rings is 1. The van der Waals surface area contributed by atoms with Gasteiger partial charge >= 0.3 is 0 Å². The molecule has 0 radical (unpaired) electrons. The SMILES string of the molecule is CC(=O)c1ccc(C)cc1OCc1cccnc1. The van der Waals surface area contributed by atoms with Crippen molar-refractivity contribution in [3.8, 4) is 5.75 Å². The van der Waals surface area contributed by atoms with E-state index in [2.05, 4.69) is 4.98 Å². The van der Waals surface area contributed by atoms with Crippen molar-refractivity contribution in [1.82, 2.24) is 4.98 Å². The molecule has 0 spiro atoms. The molecule has 92 valence electrons. The zero-order valence-electron chi connectivity index (χ0n) is 10.5. The van der Waals surface area contributed by atoms with Crippen LogP contribution in [0.25, 0.3) is 0 Å². The first kappa shape index (κ1) is 12.3. The van der Waals surface area contributed by atoms with Crippen molar-refractivity contribution < 1.29 is 9.53 Å². The van der Waals surface area contributed by atoms with Gasteiger partial charge in [0.1, 0.15) is 12.4 Å².